The van der Waals surface area contributed by atoms with Crippen LogP contribution in [0.3, 0.4) is 0 Å². The van der Waals surface area contributed by atoms with E-state index in [-0.39, 0.29) is 6.54 Å². The fourth-order valence-electron chi connectivity index (χ4n) is 1.70. The lowest BCUT2D eigenvalue weighted by molar-refractivity contribution is -0.144. The van der Waals surface area contributed by atoms with Crippen LogP contribution in [0.25, 0.3) is 5.52 Å². The van der Waals surface area contributed by atoms with E-state index < -0.39 is 24.9 Å². The van der Waals surface area contributed by atoms with E-state index >= 15 is 0 Å². The topological polar surface area (TPSA) is 46.4 Å². The van der Waals surface area contributed by atoms with Crippen LogP contribution < -0.4 is 5.32 Å². The molecule has 0 atom stereocenters. The van der Waals surface area contributed by atoms with E-state index in [1.807, 2.05) is 0 Å². The van der Waals surface area contributed by atoms with Crippen LogP contribution in [-0.4, -0.2) is 21.7 Å². The van der Waals surface area contributed by atoms with E-state index in [4.69, 9.17) is 0 Å². The molecule has 0 aliphatic rings. The molecule has 2 aromatic rings. The lowest BCUT2D eigenvalue weighted by atomic mass is 10.2. The number of nitrogens with one attached hydrogen (secondary N) is 1. The highest BCUT2D eigenvalue weighted by Crippen LogP contribution is 2.21. The highest BCUT2D eigenvalue weighted by molar-refractivity contribution is 5.76. The first-order chi connectivity index (χ1) is 8.96. The Kier molecular flexibility index (Phi) is 3.73. The predicted octanol–water partition coefficient (Wildman–Crippen LogP) is 2.29. The SMILES string of the molecule is O=C(CCC(F)(F)F)NCc1cccn2nccc12. The molecular formula is C12H12F3N3O. The molecule has 0 spiro atoms. The molecule has 0 fully saturated rings. The Hall–Kier alpha value is -2.05. The smallest absolute Gasteiger partial charge is 0.352 e. The maximum Gasteiger partial charge on any atom is 0.389 e. The summed E-state index contributed by atoms with van der Waals surface area (Å²) in [6.45, 7) is 0.187. The quantitative estimate of drug-likeness (QED) is 0.927. The van der Waals surface area contributed by atoms with Gasteiger partial charge in [0.25, 0.3) is 0 Å². The Morgan fingerprint density at radius 1 is 1.37 bits per heavy atom. The number of aromatic nitrogens is 2. The zero-order valence-electron chi connectivity index (χ0n) is 9.94. The van der Waals surface area contributed by atoms with Crippen LogP contribution in [0.5, 0.6) is 0 Å². The zero-order chi connectivity index (χ0) is 13.9. The summed E-state index contributed by atoms with van der Waals surface area (Å²) in [6, 6.07) is 5.33. The van der Waals surface area contributed by atoms with Gasteiger partial charge in [0.1, 0.15) is 0 Å². The number of halogens is 3. The zero-order valence-corrected chi connectivity index (χ0v) is 9.94. The van der Waals surface area contributed by atoms with Crippen LogP contribution >= 0.6 is 0 Å². The maximum atomic E-state index is 12.0. The molecule has 2 aromatic heterocycles. The van der Waals surface area contributed by atoms with E-state index in [0.717, 1.165) is 11.1 Å². The van der Waals surface area contributed by atoms with Gasteiger partial charge in [0.2, 0.25) is 5.91 Å². The number of rotatable bonds is 4. The predicted molar refractivity (Wildman–Crippen MR) is 62.3 cm³/mol. The van der Waals surface area contributed by atoms with Gasteiger partial charge < -0.3 is 5.32 Å². The summed E-state index contributed by atoms with van der Waals surface area (Å²) in [5.41, 5.74) is 1.62. The molecule has 4 nitrogen and oxygen atoms in total. The molecule has 0 saturated carbocycles. The summed E-state index contributed by atoms with van der Waals surface area (Å²) in [4.78, 5) is 11.3. The summed E-state index contributed by atoms with van der Waals surface area (Å²) in [7, 11) is 0. The number of alkyl halides is 3. The van der Waals surface area contributed by atoms with Crippen LogP contribution in [-0.2, 0) is 11.3 Å². The van der Waals surface area contributed by atoms with Gasteiger partial charge in [-0.2, -0.15) is 18.3 Å². The minimum atomic E-state index is -4.30. The minimum absolute atomic E-state index is 0.187. The van der Waals surface area contributed by atoms with Crippen molar-refractivity contribution in [3.05, 3.63) is 36.2 Å². The normalized spacial score (nSPS) is 11.7. The molecule has 0 aromatic carbocycles. The van der Waals surface area contributed by atoms with Crippen molar-refractivity contribution >= 4 is 11.4 Å². The number of fused-ring (bicyclic) bond motifs is 1. The van der Waals surface area contributed by atoms with Gasteiger partial charge in [-0.05, 0) is 17.7 Å². The Balaban J connectivity index is 1.92. The van der Waals surface area contributed by atoms with Gasteiger partial charge in [-0.3, -0.25) is 4.79 Å². The second-order valence-electron chi connectivity index (χ2n) is 4.09. The molecule has 2 heterocycles. The molecule has 7 heteroatoms. The summed E-state index contributed by atoms with van der Waals surface area (Å²) in [5, 5.41) is 6.50. The van der Waals surface area contributed by atoms with Gasteiger partial charge >= 0.3 is 6.18 Å². The van der Waals surface area contributed by atoms with Gasteiger partial charge in [-0.25, -0.2) is 4.52 Å². The molecule has 1 amide bonds. The second-order valence-corrected chi connectivity index (χ2v) is 4.09. The van der Waals surface area contributed by atoms with E-state index in [1.54, 1.807) is 35.1 Å². The van der Waals surface area contributed by atoms with Crippen molar-refractivity contribution in [1.29, 1.82) is 0 Å². The van der Waals surface area contributed by atoms with E-state index in [9.17, 15) is 18.0 Å². The van der Waals surface area contributed by atoms with Crippen molar-refractivity contribution in [3.63, 3.8) is 0 Å². The number of hydrogen-bond donors (Lipinski definition) is 1. The van der Waals surface area contributed by atoms with Gasteiger partial charge in [-0.1, -0.05) is 6.07 Å². The largest absolute Gasteiger partial charge is 0.389 e. The van der Waals surface area contributed by atoms with Crippen LogP contribution in [0.2, 0.25) is 0 Å². The lowest BCUT2D eigenvalue weighted by Crippen LogP contribution is -2.24. The molecule has 0 aliphatic heterocycles. The highest BCUT2D eigenvalue weighted by atomic mass is 19.4. The number of carbonyl (C=O) groups is 1. The first-order valence-corrected chi connectivity index (χ1v) is 5.70. The number of amides is 1. The first kappa shape index (κ1) is 13.4. The lowest BCUT2D eigenvalue weighted by Gasteiger charge is -2.08. The molecule has 0 aliphatic carbocycles. The fourth-order valence-corrected chi connectivity index (χ4v) is 1.70. The van der Waals surface area contributed by atoms with Crippen molar-refractivity contribution in [2.45, 2.75) is 25.6 Å². The van der Waals surface area contributed by atoms with Crippen molar-refractivity contribution in [1.82, 2.24) is 14.9 Å². The number of nitrogens with zero attached hydrogens (tertiary/aromatic N) is 2. The molecule has 2 rings (SSSR count). The molecule has 0 bridgehead atoms. The van der Waals surface area contributed by atoms with Crippen molar-refractivity contribution in [2.24, 2.45) is 0 Å². The van der Waals surface area contributed by atoms with Crippen molar-refractivity contribution < 1.29 is 18.0 Å². The van der Waals surface area contributed by atoms with Gasteiger partial charge in [0, 0.05) is 25.4 Å². The molecule has 0 radical (unpaired) electrons. The Morgan fingerprint density at radius 3 is 2.89 bits per heavy atom. The molecule has 0 unspecified atom stereocenters. The number of pyridine rings is 1. The van der Waals surface area contributed by atoms with Crippen LogP contribution in [0, 0.1) is 0 Å². The second kappa shape index (κ2) is 5.29. The van der Waals surface area contributed by atoms with Gasteiger partial charge in [-0.15, -0.1) is 0 Å². The van der Waals surface area contributed by atoms with E-state index in [2.05, 4.69) is 10.4 Å². The standard InChI is InChI=1S/C12H12F3N3O/c13-12(14,15)5-3-11(19)16-8-9-2-1-7-18-10(9)4-6-17-18/h1-2,4,6-7H,3,5,8H2,(H,16,19). The molecule has 102 valence electrons. The third kappa shape index (κ3) is 3.70. The monoisotopic (exact) mass is 271 g/mol. The minimum Gasteiger partial charge on any atom is -0.352 e. The number of carbonyl (C=O) groups excluding carboxylic acids is 1. The summed E-state index contributed by atoms with van der Waals surface area (Å²) >= 11 is 0. The first-order valence-electron chi connectivity index (χ1n) is 5.70. The molecule has 1 N–H and O–H groups in total. The third-order valence-corrected chi connectivity index (χ3v) is 2.64. The van der Waals surface area contributed by atoms with Gasteiger partial charge in [0.15, 0.2) is 0 Å². The molecule has 19 heavy (non-hydrogen) atoms. The maximum absolute atomic E-state index is 12.0. The Bertz CT molecular complexity index is 577. The summed E-state index contributed by atoms with van der Waals surface area (Å²) < 4.78 is 37.5. The number of hydrogen-bond acceptors (Lipinski definition) is 2. The Morgan fingerprint density at radius 2 is 2.16 bits per heavy atom. The Labute approximate surface area is 107 Å². The van der Waals surface area contributed by atoms with Crippen molar-refractivity contribution in [3.8, 4) is 0 Å². The van der Waals surface area contributed by atoms with Crippen LogP contribution in [0.4, 0.5) is 13.2 Å². The molecular weight excluding hydrogens is 259 g/mol. The molecule has 0 saturated heterocycles. The average molecular weight is 271 g/mol. The van der Waals surface area contributed by atoms with E-state index in [0.29, 0.717) is 0 Å². The third-order valence-electron chi connectivity index (χ3n) is 2.64. The van der Waals surface area contributed by atoms with Crippen LogP contribution in [0.1, 0.15) is 18.4 Å². The fraction of sp³-hybridized carbons (Fsp3) is 0.333. The van der Waals surface area contributed by atoms with Gasteiger partial charge in [0.05, 0.1) is 11.9 Å². The van der Waals surface area contributed by atoms with Crippen LogP contribution in [0.15, 0.2) is 30.6 Å². The summed E-state index contributed by atoms with van der Waals surface area (Å²) in [5.74, 6) is -0.612. The summed E-state index contributed by atoms with van der Waals surface area (Å²) in [6.07, 6.45) is -2.58. The van der Waals surface area contributed by atoms with Crippen molar-refractivity contribution in [2.75, 3.05) is 0 Å². The highest BCUT2D eigenvalue weighted by Gasteiger charge is 2.27. The van der Waals surface area contributed by atoms with E-state index in [1.165, 1.54) is 0 Å². The average Bonchev–Trinajstić information content (AvgIpc) is 2.81.